The Balaban J connectivity index is 2.01. The van der Waals surface area contributed by atoms with Crippen LogP contribution in [-0.2, 0) is 4.74 Å². The largest absolute Gasteiger partial charge is 0.398 e. The average Bonchev–Trinajstić information content (AvgIpc) is 2.39. The number of nitrogen functional groups attached to an aromatic ring is 1. The quantitative estimate of drug-likeness (QED) is 0.899. The number of ether oxygens (including phenoxy) is 1. The van der Waals surface area contributed by atoms with Gasteiger partial charge in [-0.2, -0.15) is 0 Å². The third kappa shape index (κ3) is 3.44. The maximum Gasteiger partial charge on any atom is 0.257 e. The molecule has 0 spiro atoms. The Kier molecular flexibility index (Phi) is 4.37. The number of amides is 1. The van der Waals surface area contributed by atoms with E-state index in [1.807, 2.05) is 6.92 Å². The molecule has 1 amide bonds. The highest BCUT2D eigenvalue weighted by Crippen LogP contribution is 2.17. The summed E-state index contributed by atoms with van der Waals surface area (Å²) in [5.74, 6) is -0.0980. The van der Waals surface area contributed by atoms with Gasteiger partial charge in [-0.05, 0) is 32.3 Å². The highest BCUT2D eigenvalue weighted by Gasteiger charge is 2.21. The molecule has 2 N–H and O–H groups in total. The van der Waals surface area contributed by atoms with E-state index < -0.39 is 0 Å². The molecule has 19 heavy (non-hydrogen) atoms. The van der Waals surface area contributed by atoms with Gasteiger partial charge in [-0.15, -0.1) is 0 Å². The van der Waals surface area contributed by atoms with Crippen LogP contribution < -0.4 is 5.73 Å². The first-order chi connectivity index (χ1) is 9.08. The molecule has 2 rings (SSSR count). The fourth-order valence-electron chi connectivity index (χ4n) is 2.31. The average molecular weight is 263 g/mol. The zero-order valence-corrected chi connectivity index (χ0v) is 11.6. The number of anilines is 1. The minimum absolute atomic E-state index is 0.0980. The van der Waals surface area contributed by atoms with Crippen molar-refractivity contribution in [1.29, 1.82) is 0 Å². The predicted octanol–water partition coefficient (Wildman–Crippen LogP) is 1.61. The number of aromatic nitrogens is 1. The molecule has 1 saturated heterocycles. The number of nitrogens with zero attached hydrogens (tertiary/aromatic N) is 2. The molecule has 2 heterocycles. The maximum atomic E-state index is 12.3. The van der Waals surface area contributed by atoms with Gasteiger partial charge < -0.3 is 15.4 Å². The summed E-state index contributed by atoms with van der Waals surface area (Å²) in [7, 11) is 1.78. The molecule has 5 heteroatoms. The SMILES string of the molecule is Cc1cc(N)c(C(=O)N(C)CC2CCCCO2)cn1. The van der Waals surface area contributed by atoms with Crippen molar-refractivity contribution in [2.24, 2.45) is 0 Å². The third-order valence-electron chi connectivity index (χ3n) is 3.40. The van der Waals surface area contributed by atoms with Crippen LogP contribution in [0.25, 0.3) is 0 Å². The first-order valence-electron chi connectivity index (χ1n) is 6.67. The van der Waals surface area contributed by atoms with Crippen LogP contribution >= 0.6 is 0 Å². The van der Waals surface area contributed by atoms with Crippen molar-refractivity contribution in [3.63, 3.8) is 0 Å². The number of nitrogens with two attached hydrogens (primary N) is 1. The lowest BCUT2D eigenvalue weighted by Gasteiger charge is -2.27. The number of carbonyl (C=O) groups is 1. The number of pyridine rings is 1. The number of hydrogen-bond acceptors (Lipinski definition) is 4. The molecule has 0 aliphatic carbocycles. The Morgan fingerprint density at radius 1 is 1.58 bits per heavy atom. The molecule has 1 aromatic heterocycles. The first kappa shape index (κ1) is 13.8. The van der Waals surface area contributed by atoms with Crippen molar-refractivity contribution in [3.8, 4) is 0 Å². The molecule has 5 nitrogen and oxygen atoms in total. The summed E-state index contributed by atoms with van der Waals surface area (Å²) in [6.45, 7) is 3.25. The second-order valence-corrected chi connectivity index (χ2v) is 5.09. The maximum absolute atomic E-state index is 12.3. The number of hydrogen-bond donors (Lipinski definition) is 1. The van der Waals surface area contributed by atoms with Gasteiger partial charge in [0.2, 0.25) is 0 Å². The van der Waals surface area contributed by atoms with Gasteiger partial charge in [-0.25, -0.2) is 0 Å². The first-order valence-corrected chi connectivity index (χ1v) is 6.67. The van der Waals surface area contributed by atoms with E-state index in [2.05, 4.69) is 4.98 Å². The molecule has 1 fully saturated rings. The third-order valence-corrected chi connectivity index (χ3v) is 3.40. The van der Waals surface area contributed by atoms with E-state index in [4.69, 9.17) is 10.5 Å². The molecular weight excluding hydrogens is 242 g/mol. The molecule has 1 aromatic rings. The predicted molar refractivity (Wildman–Crippen MR) is 73.9 cm³/mol. The summed E-state index contributed by atoms with van der Waals surface area (Å²) in [6, 6.07) is 1.72. The fraction of sp³-hybridized carbons (Fsp3) is 0.571. The van der Waals surface area contributed by atoms with Crippen LogP contribution in [0.5, 0.6) is 0 Å². The van der Waals surface area contributed by atoms with Crippen LogP contribution in [0.15, 0.2) is 12.3 Å². The Morgan fingerprint density at radius 3 is 3.00 bits per heavy atom. The van der Waals surface area contributed by atoms with E-state index in [9.17, 15) is 4.79 Å². The molecule has 1 aliphatic heterocycles. The number of likely N-dealkylation sites (N-methyl/N-ethyl adjacent to an activating group) is 1. The van der Waals surface area contributed by atoms with Gasteiger partial charge in [0.15, 0.2) is 0 Å². The van der Waals surface area contributed by atoms with Crippen molar-refractivity contribution in [3.05, 3.63) is 23.5 Å². The van der Waals surface area contributed by atoms with Crippen LogP contribution in [0.1, 0.15) is 35.3 Å². The Labute approximate surface area is 113 Å². The summed E-state index contributed by atoms with van der Waals surface area (Å²) in [5.41, 5.74) is 7.63. The van der Waals surface area contributed by atoms with Gasteiger partial charge in [-0.3, -0.25) is 9.78 Å². The molecule has 1 atom stereocenters. The van der Waals surface area contributed by atoms with E-state index in [-0.39, 0.29) is 12.0 Å². The van der Waals surface area contributed by atoms with Gasteiger partial charge in [0.25, 0.3) is 5.91 Å². The van der Waals surface area contributed by atoms with Crippen molar-refractivity contribution >= 4 is 11.6 Å². The highest BCUT2D eigenvalue weighted by molar-refractivity contribution is 5.98. The van der Waals surface area contributed by atoms with E-state index >= 15 is 0 Å². The molecule has 1 unspecified atom stereocenters. The summed E-state index contributed by atoms with van der Waals surface area (Å²) >= 11 is 0. The summed E-state index contributed by atoms with van der Waals surface area (Å²) in [5, 5.41) is 0. The molecule has 104 valence electrons. The van der Waals surface area contributed by atoms with Gasteiger partial charge >= 0.3 is 0 Å². The van der Waals surface area contributed by atoms with Crippen LogP contribution in [0.3, 0.4) is 0 Å². The van der Waals surface area contributed by atoms with Crippen molar-refractivity contribution < 1.29 is 9.53 Å². The lowest BCUT2D eigenvalue weighted by molar-refractivity contribution is -0.000178. The topological polar surface area (TPSA) is 68.5 Å². The van der Waals surface area contributed by atoms with Gasteiger partial charge in [0.05, 0.1) is 11.7 Å². The molecule has 0 bridgehead atoms. The van der Waals surface area contributed by atoms with Gasteiger partial charge in [0, 0.05) is 37.8 Å². The van der Waals surface area contributed by atoms with Crippen molar-refractivity contribution in [2.75, 3.05) is 25.9 Å². The standard InChI is InChI=1S/C14H21N3O2/c1-10-7-13(15)12(8-16-10)14(18)17(2)9-11-5-3-4-6-19-11/h7-8,11H,3-6,9H2,1-2H3,(H2,15,16). The Hall–Kier alpha value is -1.62. The lowest BCUT2D eigenvalue weighted by atomic mass is 10.1. The van der Waals surface area contributed by atoms with Gasteiger partial charge in [-0.1, -0.05) is 0 Å². The van der Waals surface area contributed by atoms with E-state index in [0.29, 0.717) is 17.8 Å². The lowest BCUT2D eigenvalue weighted by Crippen LogP contribution is -2.37. The zero-order chi connectivity index (χ0) is 13.8. The Bertz CT molecular complexity index is 456. The van der Waals surface area contributed by atoms with Crippen molar-refractivity contribution in [1.82, 2.24) is 9.88 Å². The molecular formula is C14H21N3O2. The van der Waals surface area contributed by atoms with E-state index in [1.165, 1.54) is 6.42 Å². The van der Waals surface area contributed by atoms with Gasteiger partial charge in [0.1, 0.15) is 0 Å². The molecule has 1 aliphatic rings. The fourth-order valence-corrected chi connectivity index (χ4v) is 2.31. The van der Waals surface area contributed by atoms with Crippen LogP contribution in [-0.4, -0.2) is 42.1 Å². The van der Waals surface area contributed by atoms with E-state index in [0.717, 1.165) is 25.1 Å². The smallest absolute Gasteiger partial charge is 0.257 e. The second-order valence-electron chi connectivity index (χ2n) is 5.09. The van der Waals surface area contributed by atoms with Crippen LogP contribution in [0.2, 0.25) is 0 Å². The molecule has 0 aromatic carbocycles. The zero-order valence-electron chi connectivity index (χ0n) is 11.6. The number of aryl methyl sites for hydroxylation is 1. The van der Waals surface area contributed by atoms with Crippen LogP contribution in [0.4, 0.5) is 5.69 Å². The minimum Gasteiger partial charge on any atom is -0.398 e. The minimum atomic E-state index is -0.0980. The molecule has 0 radical (unpaired) electrons. The summed E-state index contributed by atoms with van der Waals surface area (Å²) in [4.78, 5) is 18.1. The second kappa shape index (κ2) is 6.02. The Morgan fingerprint density at radius 2 is 2.37 bits per heavy atom. The normalized spacial score (nSPS) is 19.2. The van der Waals surface area contributed by atoms with Crippen LogP contribution in [0, 0.1) is 6.92 Å². The summed E-state index contributed by atoms with van der Waals surface area (Å²) < 4.78 is 5.64. The monoisotopic (exact) mass is 263 g/mol. The van der Waals surface area contributed by atoms with E-state index in [1.54, 1.807) is 24.2 Å². The highest BCUT2D eigenvalue weighted by atomic mass is 16.5. The van der Waals surface area contributed by atoms with Crippen molar-refractivity contribution in [2.45, 2.75) is 32.3 Å². The number of rotatable bonds is 3. The molecule has 0 saturated carbocycles. The number of carbonyl (C=O) groups excluding carboxylic acids is 1. The summed E-state index contributed by atoms with van der Waals surface area (Å²) in [6.07, 6.45) is 4.98.